The van der Waals surface area contributed by atoms with Crippen LogP contribution in [0.2, 0.25) is 5.02 Å². The van der Waals surface area contributed by atoms with E-state index in [0.717, 1.165) is 42.4 Å². The monoisotopic (exact) mass is 369 g/mol. The van der Waals surface area contributed by atoms with Crippen LogP contribution in [0.4, 0.5) is 0 Å². The number of fused-ring (bicyclic) bond motifs is 1. The summed E-state index contributed by atoms with van der Waals surface area (Å²) >= 11 is 6.02. The van der Waals surface area contributed by atoms with Gasteiger partial charge in [0.2, 0.25) is 5.88 Å². The summed E-state index contributed by atoms with van der Waals surface area (Å²) in [5.41, 5.74) is 2.40. The van der Waals surface area contributed by atoms with Crippen molar-refractivity contribution in [2.24, 2.45) is 7.05 Å². The number of nitrogens with zero attached hydrogens (tertiary/aromatic N) is 3. The molecule has 6 heteroatoms. The predicted molar refractivity (Wildman–Crippen MR) is 102 cm³/mol. The molecule has 0 radical (unpaired) electrons. The Labute approximate surface area is 157 Å². The van der Waals surface area contributed by atoms with Crippen LogP contribution in [0.25, 0.3) is 10.9 Å². The average Bonchev–Trinajstić information content (AvgIpc) is 3.28. The maximum absolute atomic E-state index is 12.9. The summed E-state index contributed by atoms with van der Waals surface area (Å²) in [5.74, 6) is 1.23. The quantitative estimate of drug-likeness (QED) is 0.679. The van der Waals surface area contributed by atoms with E-state index >= 15 is 0 Å². The minimum Gasteiger partial charge on any atom is -0.438 e. The number of rotatable bonds is 3. The molecule has 1 aromatic carbocycles. The maximum atomic E-state index is 12.9. The normalized spacial score (nSPS) is 14.2. The highest BCUT2D eigenvalue weighted by molar-refractivity contribution is 6.30. The summed E-state index contributed by atoms with van der Waals surface area (Å²) in [6.45, 7) is 3.56. The van der Waals surface area contributed by atoms with Gasteiger partial charge in [0.15, 0.2) is 0 Å². The Hall–Kier alpha value is -2.53. The number of carbonyl (C=O) groups excluding carboxylic acids is 1. The molecule has 0 aliphatic carbocycles. The zero-order chi connectivity index (χ0) is 18.3. The minimum absolute atomic E-state index is 0.0380. The molecule has 1 aliphatic heterocycles. The van der Waals surface area contributed by atoms with Crippen molar-refractivity contribution in [1.29, 1.82) is 0 Å². The van der Waals surface area contributed by atoms with E-state index in [9.17, 15) is 4.79 Å². The Balaban J connectivity index is 1.76. The largest absolute Gasteiger partial charge is 0.438 e. The van der Waals surface area contributed by atoms with Crippen molar-refractivity contribution in [3.05, 3.63) is 52.8 Å². The number of pyridine rings is 1. The fraction of sp³-hybridized carbons (Fsp3) is 0.300. The van der Waals surface area contributed by atoms with Crippen molar-refractivity contribution >= 4 is 28.4 Å². The van der Waals surface area contributed by atoms with Crippen LogP contribution in [0.3, 0.4) is 0 Å². The third-order valence-corrected chi connectivity index (χ3v) is 5.07. The lowest BCUT2D eigenvalue weighted by atomic mass is 10.2. The maximum Gasteiger partial charge on any atom is 0.257 e. The van der Waals surface area contributed by atoms with Gasteiger partial charge >= 0.3 is 0 Å². The number of amides is 1. The second-order valence-electron chi connectivity index (χ2n) is 6.68. The van der Waals surface area contributed by atoms with Crippen molar-refractivity contribution in [2.45, 2.75) is 19.8 Å². The highest BCUT2D eigenvalue weighted by atomic mass is 35.5. The van der Waals surface area contributed by atoms with Gasteiger partial charge in [-0.15, -0.1) is 0 Å². The number of aromatic nitrogens is 2. The van der Waals surface area contributed by atoms with Gasteiger partial charge in [0.05, 0.1) is 16.5 Å². The molecule has 0 unspecified atom stereocenters. The third-order valence-electron chi connectivity index (χ3n) is 4.84. The van der Waals surface area contributed by atoms with E-state index in [1.165, 1.54) is 0 Å². The Morgan fingerprint density at radius 2 is 2.00 bits per heavy atom. The highest BCUT2D eigenvalue weighted by Crippen LogP contribution is 2.33. The first-order chi connectivity index (χ1) is 12.5. The third kappa shape index (κ3) is 2.92. The van der Waals surface area contributed by atoms with Crippen LogP contribution < -0.4 is 4.74 Å². The molecule has 4 rings (SSSR count). The molecule has 0 saturated carbocycles. The molecule has 3 heterocycles. The summed E-state index contributed by atoms with van der Waals surface area (Å²) in [6, 6.07) is 7.41. The van der Waals surface area contributed by atoms with Crippen molar-refractivity contribution in [3.63, 3.8) is 0 Å². The van der Waals surface area contributed by atoms with Crippen LogP contribution in [0.15, 0.2) is 36.7 Å². The van der Waals surface area contributed by atoms with Crippen molar-refractivity contribution in [3.8, 4) is 11.6 Å². The Morgan fingerprint density at radius 1 is 1.23 bits per heavy atom. The van der Waals surface area contributed by atoms with E-state index < -0.39 is 0 Å². The lowest BCUT2D eigenvalue weighted by Crippen LogP contribution is -2.28. The van der Waals surface area contributed by atoms with Gasteiger partial charge in [0.25, 0.3) is 5.91 Å². The van der Waals surface area contributed by atoms with Gasteiger partial charge in [-0.3, -0.25) is 4.79 Å². The molecule has 1 fully saturated rings. The summed E-state index contributed by atoms with van der Waals surface area (Å²) < 4.78 is 7.99. The topological polar surface area (TPSA) is 47.4 Å². The predicted octanol–water partition coefficient (Wildman–Crippen LogP) is 4.56. The number of aryl methyl sites for hydroxylation is 2. The second kappa shape index (κ2) is 6.65. The fourth-order valence-corrected chi connectivity index (χ4v) is 3.68. The van der Waals surface area contributed by atoms with Crippen LogP contribution in [-0.2, 0) is 7.05 Å². The molecule has 3 aromatic rings. The molecule has 0 spiro atoms. The number of ether oxygens (including phenoxy) is 1. The van der Waals surface area contributed by atoms with E-state index in [0.29, 0.717) is 22.2 Å². The summed E-state index contributed by atoms with van der Waals surface area (Å²) in [5, 5.41) is 1.49. The van der Waals surface area contributed by atoms with Crippen molar-refractivity contribution in [1.82, 2.24) is 14.5 Å². The van der Waals surface area contributed by atoms with Gasteiger partial charge in [-0.05, 0) is 49.6 Å². The molecule has 0 bridgehead atoms. The second-order valence-corrected chi connectivity index (χ2v) is 7.11. The van der Waals surface area contributed by atoms with Crippen LogP contribution >= 0.6 is 11.6 Å². The molecule has 2 aromatic heterocycles. The van der Waals surface area contributed by atoms with E-state index in [1.54, 1.807) is 12.3 Å². The first-order valence-corrected chi connectivity index (χ1v) is 9.09. The lowest BCUT2D eigenvalue weighted by Gasteiger charge is -2.17. The van der Waals surface area contributed by atoms with Gasteiger partial charge in [-0.1, -0.05) is 11.6 Å². The standard InChI is InChI=1S/C20H20ClN3O2/c1-13-11-14(21)5-6-17(13)26-19-15-7-10-23(2)18(15)16(12-22-19)20(25)24-8-3-4-9-24/h5-7,10-12H,3-4,8-9H2,1-2H3. The molecule has 1 saturated heterocycles. The summed E-state index contributed by atoms with van der Waals surface area (Å²) in [6.07, 6.45) is 5.68. The lowest BCUT2D eigenvalue weighted by molar-refractivity contribution is 0.0794. The fourth-order valence-electron chi connectivity index (χ4n) is 3.45. The molecule has 1 aliphatic rings. The zero-order valence-corrected chi connectivity index (χ0v) is 15.6. The van der Waals surface area contributed by atoms with Crippen LogP contribution in [-0.4, -0.2) is 33.4 Å². The van der Waals surface area contributed by atoms with Gasteiger partial charge in [0, 0.05) is 37.6 Å². The summed E-state index contributed by atoms with van der Waals surface area (Å²) in [4.78, 5) is 19.2. The molecule has 1 amide bonds. The molecule has 0 N–H and O–H groups in total. The number of hydrogen-bond acceptors (Lipinski definition) is 3. The first-order valence-electron chi connectivity index (χ1n) is 8.72. The highest BCUT2D eigenvalue weighted by Gasteiger charge is 2.24. The van der Waals surface area contributed by atoms with E-state index in [2.05, 4.69) is 4.98 Å². The molecular weight excluding hydrogens is 350 g/mol. The summed E-state index contributed by atoms with van der Waals surface area (Å²) in [7, 11) is 1.93. The van der Waals surface area contributed by atoms with Crippen LogP contribution in [0.5, 0.6) is 11.6 Å². The molecule has 134 valence electrons. The van der Waals surface area contributed by atoms with Crippen molar-refractivity contribution < 1.29 is 9.53 Å². The minimum atomic E-state index is 0.0380. The van der Waals surface area contributed by atoms with Crippen LogP contribution in [0, 0.1) is 6.92 Å². The number of benzene rings is 1. The van der Waals surface area contributed by atoms with E-state index in [1.807, 2.05) is 47.8 Å². The number of halogens is 1. The molecule has 0 atom stereocenters. The zero-order valence-electron chi connectivity index (χ0n) is 14.8. The Bertz CT molecular complexity index is 990. The number of hydrogen-bond donors (Lipinski definition) is 0. The number of likely N-dealkylation sites (tertiary alicyclic amines) is 1. The average molecular weight is 370 g/mol. The van der Waals surface area contributed by atoms with Crippen molar-refractivity contribution in [2.75, 3.05) is 13.1 Å². The Morgan fingerprint density at radius 3 is 2.73 bits per heavy atom. The van der Waals surface area contributed by atoms with Gasteiger partial charge in [-0.25, -0.2) is 4.98 Å². The SMILES string of the molecule is Cc1cc(Cl)ccc1Oc1ncc(C(=O)N2CCCC2)c2c1ccn2C. The van der Waals surface area contributed by atoms with Gasteiger partial charge < -0.3 is 14.2 Å². The van der Waals surface area contributed by atoms with Gasteiger partial charge in [-0.2, -0.15) is 0 Å². The van der Waals surface area contributed by atoms with E-state index in [4.69, 9.17) is 16.3 Å². The molecule has 5 nitrogen and oxygen atoms in total. The Kier molecular flexibility index (Phi) is 4.32. The smallest absolute Gasteiger partial charge is 0.257 e. The van der Waals surface area contributed by atoms with Crippen LogP contribution in [0.1, 0.15) is 28.8 Å². The van der Waals surface area contributed by atoms with Gasteiger partial charge in [0.1, 0.15) is 5.75 Å². The molecule has 26 heavy (non-hydrogen) atoms. The van der Waals surface area contributed by atoms with E-state index in [-0.39, 0.29) is 5.91 Å². The molecular formula is C20H20ClN3O2. The first kappa shape index (κ1) is 16.9. The number of carbonyl (C=O) groups is 1.